The van der Waals surface area contributed by atoms with Crippen LogP contribution in [0.5, 0.6) is 0 Å². The third-order valence-electron chi connectivity index (χ3n) is 1.97. The van der Waals surface area contributed by atoms with Crippen molar-refractivity contribution in [1.82, 2.24) is 5.43 Å². The van der Waals surface area contributed by atoms with Crippen LogP contribution in [0.25, 0.3) is 0 Å². The second-order valence-electron chi connectivity index (χ2n) is 3.68. The normalized spacial score (nSPS) is 16.2. The van der Waals surface area contributed by atoms with Crippen LogP contribution in [-0.2, 0) is 0 Å². The molecule has 2 nitrogen and oxygen atoms in total. The fourth-order valence-electron chi connectivity index (χ4n) is 1.28. The Labute approximate surface area is 74.1 Å². The van der Waals surface area contributed by atoms with Gasteiger partial charge in [0.2, 0.25) is 0 Å². The Hall–Kier alpha value is -1.01. The number of hydrogen-bond donors (Lipinski definition) is 1. The molecule has 0 amide bonds. The first kappa shape index (κ1) is 9.08. The largest absolute Gasteiger partial charge is 0.274 e. The molecule has 2 heteroatoms. The number of nitrogens with one attached hydrogen (secondary N) is 1. The maximum atomic E-state index is 3.90. The number of nitrogens with zero attached hydrogens (tertiary/aromatic N) is 1. The Balaban J connectivity index is 2.99. The first-order valence-electron chi connectivity index (χ1n) is 4.41. The van der Waals surface area contributed by atoms with Crippen LogP contribution in [0.4, 0.5) is 0 Å². The average molecular weight is 164 g/mol. The van der Waals surface area contributed by atoms with Crippen molar-refractivity contribution in [3.63, 3.8) is 0 Å². The molecule has 0 radical (unpaired) electrons. The number of hydrazone groups is 1. The third kappa shape index (κ3) is 1.77. The predicted molar refractivity (Wildman–Crippen MR) is 51.8 cm³/mol. The van der Waals surface area contributed by atoms with E-state index in [9.17, 15) is 0 Å². The van der Waals surface area contributed by atoms with Crippen molar-refractivity contribution in [2.45, 2.75) is 27.7 Å². The maximum absolute atomic E-state index is 3.90. The summed E-state index contributed by atoms with van der Waals surface area (Å²) in [4.78, 5) is 0. The van der Waals surface area contributed by atoms with Crippen molar-refractivity contribution in [3.8, 4) is 0 Å². The van der Waals surface area contributed by atoms with Crippen LogP contribution in [0.1, 0.15) is 27.7 Å². The van der Waals surface area contributed by atoms with E-state index in [0.29, 0.717) is 11.8 Å². The molecule has 0 fully saturated rings. The minimum atomic E-state index is 0.504. The second-order valence-corrected chi connectivity index (χ2v) is 3.68. The molecule has 0 saturated carbocycles. The van der Waals surface area contributed by atoms with Gasteiger partial charge in [0, 0.05) is 17.6 Å². The van der Waals surface area contributed by atoms with Crippen molar-refractivity contribution >= 4 is 5.87 Å². The fourth-order valence-corrected chi connectivity index (χ4v) is 1.28. The summed E-state index contributed by atoms with van der Waals surface area (Å²) < 4.78 is 0. The molecule has 0 atom stereocenters. The van der Waals surface area contributed by atoms with Crippen LogP contribution >= 0.6 is 0 Å². The summed E-state index contributed by atoms with van der Waals surface area (Å²) in [6.45, 7) is 8.70. The first-order valence-corrected chi connectivity index (χ1v) is 4.41. The first-order chi connectivity index (χ1) is 5.63. The van der Waals surface area contributed by atoms with Crippen LogP contribution in [0.2, 0.25) is 0 Å². The lowest BCUT2D eigenvalue weighted by Gasteiger charge is -2.18. The molecule has 0 unspecified atom stereocenters. The van der Waals surface area contributed by atoms with Gasteiger partial charge in [0.25, 0.3) is 0 Å². The Morgan fingerprint density at radius 2 is 1.92 bits per heavy atom. The zero-order valence-electron chi connectivity index (χ0n) is 8.18. The third-order valence-corrected chi connectivity index (χ3v) is 1.97. The van der Waals surface area contributed by atoms with Gasteiger partial charge < -0.3 is 0 Å². The highest BCUT2D eigenvalue weighted by molar-refractivity contribution is 5.60. The molecule has 0 spiro atoms. The van der Waals surface area contributed by atoms with Gasteiger partial charge in [0.15, 0.2) is 0 Å². The topological polar surface area (TPSA) is 24.4 Å². The summed E-state index contributed by atoms with van der Waals surface area (Å²) in [5.74, 6) is 3.88. The molecule has 1 aliphatic heterocycles. The standard InChI is InChI=1S/C10H16N2/c1-7(2)9-5-6-11-12-10(9)8(3)4/h5,7-8,12H,1-4H3. The Morgan fingerprint density at radius 3 is 2.33 bits per heavy atom. The predicted octanol–water partition coefficient (Wildman–Crippen LogP) is 2.30. The molecule has 12 heavy (non-hydrogen) atoms. The van der Waals surface area contributed by atoms with Gasteiger partial charge in [-0.25, -0.2) is 0 Å². The molecule has 0 aromatic rings. The molecule has 0 aliphatic carbocycles. The van der Waals surface area contributed by atoms with Crippen LogP contribution in [0.15, 0.2) is 22.4 Å². The number of allylic oxidation sites excluding steroid dienone is 3. The molecule has 0 aromatic heterocycles. The molecule has 0 aromatic carbocycles. The Kier molecular flexibility index (Phi) is 2.72. The summed E-state index contributed by atoms with van der Waals surface area (Å²) in [6, 6.07) is 0. The van der Waals surface area contributed by atoms with Gasteiger partial charge >= 0.3 is 0 Å². The molecule has 0 bridgehead atoms. The van der Waals surface area contributed by atoms with Crippen molar-refractivity contribution in [1.29, 1.82) is 0 Å². The summed E-state index contributed by atoms with van der Waals surface area (Å²) in [5, 5.41) is 3.90. The van der Waals surface area contributed by atoms with Gasteiger partial charge in [-0.15, -0.1) is 5.10 Å². The Bertz CT molecular complexity index is 253. The van der Waals surface area contributed by atoms with E-state index in [1.54, 1.807) is 0 Å². The highest BCUT2D eigenvalue weighted by atomic mass is 15.3. The zero-order valence-corrected chi connectivity index (χ0v) is 8.18. The average Bonchev–Trinajstić information content (AvgIpc) is 2.04. The van der Waals surface area contributed by atoms with Gasteiger partial charge in [-0.3, -0.25) is 5.43 Å². The van der Waals surface area contributed by atoms with Gasteiger partial charge in [-0.1, -0.05) is 27.7 Å². The molecule has 1 N–H and O–H groups in total. The van der Waals surface area contributed by atoms with Crippen molar-refractivity contribution in [2.24, 2.45) is 16.9 Å². The van der Waals surface area contributed by atoms with E-state index < -0.39 is 0 Å². The molecule has 1 heterocycles. The minimum Gasteiger partial charge on any atom is -0.274 e. The SMILES string of the molecule is CC(C)C1=C(C(C)C)NN=C=C1. The molecule has 66 valence electrons. The van der Waals surface area contributed by atoms with Crippen LogP contribution in [0, 0.1) is 11.8 Å². The van der Waals surface area contributed by atoms with Crippen LogP contribution in [-0.4, -0.2) is 5.87 Å². The molecule has 1 rings (SSSR count). The van der Waals surface area contributed by atoms with Crippen molar-refractivity contribution < 1.29 is 0 Å². The summed E-state index contributed by atoms with van der Waals surface area (Å²) in [5.41, 5.74) is 5.56. The summed E-state index contributed by atoms with van der Waals surface area (Å²) in [6.07, 6.45) is 1.97. The highest BCUT2D eigenvalue weighted by Crippen LogP contribution is 2.20. The lowest BCUT2D eigenvalue weighted by Crippen LogP contribution is -2.17. The van der Waals surface area contributed by atoms with E-state index in [-0.39, 0.29) is 0 Å². The van der Waals surface area contributed by atoms with Crippen LogP contribution in [0.3, 0.4) is 0 Å². The monoisotopic (exact) mass is 164 g/mol. The maximum Gasteiger partial charge on any atom is 0.0409 e. The highest BCUT2D eigenvalue weighted by Gasteiger charge is 2.12. The van der Waals surface area contributed by atoms with E-state index in [1.807, 2.05) is 6.08 Å². The minimum absolute atomic E-state index is 0.504. The Morgan fingerprint density at radius 1 is 1.25 bits per heavy atom. The number of hydrogen-bond acceptors (Lipinski definition) is 2. The summed E-state index contributed by atoms with van der Waals surface area (Å²) >= 11 is 0. The molecule has 1 aliphatic rings. The fraction of sp³-hybridized carbons (Fsp3) is 0.600. The molecular weight excluding hydrogens is 148 g/mol. The molecule has 0 saturated heterocycles. The van der Waals surface area contributed by atoms with E-state index in [2.05, 4.69) is 44.1 Å². The van der Waals surface area contributed by atoms with Gasteiger partial charge in [-0.2, -0.15) is 0 Å². The second kappa shape index (κ2) is 3.59. The van der Waals surface area contributed by atoms with Crippen molar-refractivity contribution in [3.05, 3.63) is 17.3 Å². The zero-order chi connectivity index (χ0) is 9.14. The molecular formula is C10H16N2. The lowest BCUT2D eigenvalue weighted by molar-refractivity contribution is 0.632. The van der Waals surface area contributed by atoms with Gasteiger partial charge in [0.05, 0.1) is 0 Å². The summed E-state index contributed by atoms with van der Waals surface area (Å²) in [7, 11) is 0. The smallest absolute Gasteiger partial charge is 0.0409 e. The lowest BCUT2D eigenvalue weighted by atomic mass is 9.95. The van der Waals surface area contributed by atoms with Gasteiger partial charge in [-0.05, 0) is 17.4 Å². The van der Waals surface area contributed by atoms with E-state index in [0.717, 1.165) is 0 Å². The van der Waals surface area contributed by atoms with E-state index in [4.69, 9.17) is 0 Å². The van der Waals surface area contributed by atoms with E-state index in [1.165, 1.54) is 11.3 Å². The van der Waals surface area contributed by atoms with Crippen LogP contribution < -0.4 is 5.43 Å². The number of rotatable bonds is 2. The van der Waals surface area contributed by atoms with Crippen molar-refractivity contribution in [2.75, 3.05) is 0 Å². The van der Waals surface area contributed by atoms with E-state index >= 15 is 0 Å². The van der Waals surface area contributed by atoms with Gasteiger partial charge in [0.1, 0.15) is 0 Å². The quantitative estimate of drug-likeness (QED) is 0.665.